The van der Waals surface area contributed by atoms with Crippen molar-refractivity contribution in [2.75, 3.05) is 6.54 Å². The van der Waals surface area contributed by atoms with E-state index in [1.165, 1.54) is 16.3 Å². The second kappa shape index (κ2) is 17.6. The fourth-order valence-electron chi connectivity index (χ4n) is 4.66. The van der Waals surface area contributed by atoms with Crippen LogP contribution in [0.3, 0.4) is 0 Å². The number of fused-ring (bicyclic) bond motifs is 1. The molecule has 1 heterocycles. The van der Waals surface area contributed by atoms with E-state index in [2.05, 4.69) is 34.6 Å². The summed E-state index contributed by atoms with van der Waals surface area (Å²) < 4.78 is 5.51. The van der Waals surface area contributed by atoms with Crippen molar-refractivity contribution in [2.24, 2.45) is 11.5 Å². The van der Waals surface area contributed by atoms with Gasteiger partial charge in [-0.25, -0.2) is 9.59 Å². The van der Waals surface area contributed by atoms with Crippen molar-refractivity contribution in [3.63, 3.8) is 0 Å². The van der Waals surface area contributed by atoms with Crippen LogP contribution in [0.2, 0.25) is 0 Å². The summed E-state index contributed by atoms with van der Waals surface area (Å²) in [6.07, 6.45) is 2.46. The third-order valence-electron chi connectivity index (χ3n) is 7.06. The minimum atomic E-state index is -1.11. The van der Waals surface area contributed by atoms with Gasteiger partial charge in [0.2, 0.25) is 0 Å². The molecule has 244 valence electrons. The Hall–Kier alpha value is -4.80. The van der Waals surface area contributed by atoms with Crippen molar-refractivity contribution < 1.29 is 24.2 Å². The second-order valence-corrected chi connectivity index (χ2v) is 11.8. The largest absolute Gasteiger partial charge is 0.480 e. The van der Waals surface area contributed by atoms with Crippen LogP contribution in [0.5, 0.6) is 0 Å². The van der Waals surface area contributed by atoms with Gasteiger partial charge in [-0.1, -0.05) is 60.7 Å². The zero-order valence-electron chi connectivity index (χ0n) is 26.8. The molecular weight excluding hydrogens is 582 g/mol. The summed E-state index contributed by atoms with van der Waals surface area (Å²) in [4.78, 5) is 42.6. The van der Waals surface area contributed by atoms with Crippen LogP contribution in [0.4, 0.5) is 4.79 Å². The lowest BCUT2D eigenvalue weighted by Crippen LogP contribution is -2.41. The van der Waals surface area contributed by atoms with Crippen molar-refractivity contribution in [1.82, 2.24) is 15.2 Å². The van der Waals surface area contributed by atoms with Crippen LogP contribution >= 0.6 is 0 Å². The van der Waals surface area contributed by atoms with E-state index in [9.17, 15) is 19.5 Å². The fourth-order valence-corrected chi connectivity index (χ4v) is 4.66. The van der Waals surface area contributed by atoms with Gasteiger partial charge in [-0.2, -0.15) is 0 Å². The predicted molar refractivity (Wildman–Crippen MR) is 180 cm³/mol. The average molecular weight is 628 g/mol. The number of aromatic nitrogens is 1. The highest BCUT2D eigenvalue weighted by Crippen LogP contribution is 2.17. The number of unbranched alkanes of at least 4 members (excludes halogenated alkanes) is 1. The number of carboxylic acids is 1. The molecule has 10 heteroatoms. The summed E-state index contributed by atoms with van der Waals surface area (Å²) in [6, 6.07) is 25.7. The molecule has 3 aromatic carbocycles. The molecule has 0 saturated heterocycles. The highest BCUT2D eigenvalue weighted by atomic mass is 16.6. The first kappa shape index (κ1) is 35.7. The van der Waals surface area contributed by atoms with Gasteiger partial charge < -0.3 is 31.5 Å². The van der Waals surface area contributed by atoms with Gasteiger partial charge in [-0.3, -0.25) is 9.78 Å². The zero-order valence-corrected chi connectivity index (χ0v) is 26.8. The maximum absolute atomic E-state index is 12.7. The third-order valence-corrected chi connectivity index (χ3v) is 7.06. The number of aliphatic carboxylic acids is 1. The molecular formula is C36H45N5O5. The molecule has 0 aliphatic heterocycles. The predicted octanol–water partition coefficient (Wildman–Crippen LogP) is 5.63. The van der Waals surface area contributed by atoms with Crippen LogP contribution in [0.25, 0.3) is 10.8 Å². The van der Waals surface area contributed by atoms with Crippen LogP contribution in [-0.2, 0) is 29.2 Å². The molecule has 6 N–H and O–H groups in total. The Kier molecular flexibility index (Phi) is 13.7. The maximum atomic E-state index is 12.7. The van der Waals surface area contributed by atoms with Crippen LogP contribution in [-0.4, -0.2) is 51.1 Å². The summed E-state index contributed by atoms with van der Waals surface area (Å²) in [5.74, 6) is -1.56. The van der Waals surface area contributed by atoms with Crippen LogP contribution in [0.1, 0.15) is 67.2 Å². The van der Waals surface area contributed by atoms with Crippen LogP contribution < -0.4 is 16.8 Å². The van der Waals surface area contributed by atoms with Crippen molar-refractivity contribution >= 4 is 28.7 Å². The van der Waals surface area contributed by atoms with Crippen molar-refractivity contribution in [3.8, 4) is 0 Å². The van der Waals surface area contributed by atoms with E-state index in [-0.39, 0.29) is 13.0 Å². The molecule has 0 bridgehead atoms. The molecule has 0 unspecified atom stereocenters. The Morgan fingerprint density at radius 1 is 0.891 bits per heavy atom. The first-order chi connectivity index (χ1) is 22.0. The number of ether oxygens (including phenoxy) is 1. The molecule has 4 aromatic rings. The lowest BCUT2D eigenvalue weighted by molar-refractivity contribution is -0.139. The van der Waals surface area contributed by atoms with Crippen LogP contribution in [0, 0.1) is 0 Å². The normalized spacial score (nSPS) is 11.6. The van der Waals surface area contributed by atoms with Gasteiger partial charge in [0.15, 0.2) is 0 Å². The van der Waals surface area contributed by atoms with Gasteiger partial charge in [-0.15, -0.1) is 0 Å². The Labute approximate surface area is 270 Å². The van der Waals surface area contributed by atoms with Gasteiger partial charge in [0.25, 0.3) is 5.91 Å². The molecule has 10 nitrogen and oxygen atoms in total. The number of pyridine rings is 1. The highest BCUT2D eigenvalue weighted by Gasteiger charge is 2.24. The molecule has 46 heavy (non-hydrogen) atoms. The molecule has 2 amide bonds. The van der Waals surface area contributed by atoms with E-state index in [0.29, 0.717) is 38.0 Å². The van der Waals surface area contributed by atoms with E-state index >= 15 is 0 Å². The standard InChI is InChI=1S/C25H34N4O5.C11H11N/c1-25(2,3)34-24(33)29(17-20-8-4-6-14-27-20)15-7-5-9-21(23(31)32)28-22(30)19-12-10-18(16-26)11-13-19;12-8-10-6-3-5-9-4-1-2-7-11(9)10/h4,6,8,10-14,21H,5,7,9,15-17,26H2,1-3H3,(H,28,30)(H,31,32);1-7H,8,12H2/t21-;/m0./s1. The average Bonchev–Trinajstić information content (AvgIpc) is 3.05. The van der Waals surface area contributed by atoms with Crippen molar-refractivity contribution in [1.29, 1.82) is 0 Å². The Bertz CT molecular complexity index is 1550. The number of nitrogens with two attached hydrogens (primary N) is 2. The molecule has 1 atom stereocenters. The van der Waals surface area contributed by atoms with E-state index in [1.54, 1.807) is 62.2 Å². The molecule has 0 radical (unpaired) electrons. The first-order valence-corrected chi connectivity index (χ1v) is 15.4. The lowest BCUT2D eigenvalue weighted by Gasteiger charge is -2.27. The number of rotatable bonds is 12. The highest BCUT2D eigenvalue weighted by molar-refractivity contribution is 5.96. The summed E-state index contributed by atoms with van der Waals surface area (Å²) in [7, 11) is 0. The van der Waals surface area contributed by atoms with Crippen LogP contribution in [0.15, 0.2) is 91.1 Å². The quantitative estimate of drug-likeness (QED) is 0.147. The number of nitrogens with zero attached hydrogens (tertiary/aromatic N) is 2. The zero-order chi connectivity index (χ0) is 33.5. The number of benzene rings is 3. The monoisotopic (exact) mass is 627 g/mol. The van der Waals surface area contributed by atoms with Gasteiger partial charge in [0, 0.05) is 31.4 Å². The number of amides is 2. The molecule has 4 rings (SSSR count). The maximum Gasteiger partial charge on any atom is 0.410 e. The summed E-state index contributed by atoms with van der Waals surface area (Å²) in [6.45, 7) is 7.02. The summed E-state index contributed by atoms with van der Waals surface area (Å²) in [5.41, 5.74) is 13.7. The Morgan fingerprint density at radius 3 is 2.22 bits per heavy atom. The van der Waals surface area contributed by atoms with Gasteiger partial charge in [-0.05, 0) is 86.2 Å². The van der Waals surface area contributed by atoms with E-state index in [4.69, 9.17) is 16.2 Å². The lowest BCUT2D eigenvalue weighted by atomic mass is 10.1. The molecule has 1 aromatic heterocycles. The van der Waals surface area contributed by atoms with E-state index in [0.717, 1.165) is 11.3 Å². The Morgan fingerprint density at radius 2 is 1.59 bits per heavy atom. The number of hydrogen-bond donors (Lipinski definition) is 4. The van der Waals surface area contributed by atoms with Gasteiger partial charge in [0.05, 0.1) is 12.2 Å². The van der Waals surface area contributed by atoms with Gasteiger partial charge in [0.1, 0.15) is 11.6 Å². The summed E-state index contributed by atoms with van der Waals surface area (Å²) in [5, 5.41) is 14.6. The summed E-state index contributed by atoms with van der Waals surface area (Å²) >= 11 is 0. The number of nitrogens with one attached hydrogen (secondary N) is 1. The molecule has 0 aliphatic carbocycles. The molecule has 0 fully saturated rings. The Balaban J connectivity index is 0.000000396. The minimum Gasteiger partial charge on any atom is -0.480 e. The topological polar surface area (TPSA) is 161 Å². The number of hydrogen-bond acceptors (Lipinski definition) is 7. The second-order valence-electron chi connectivity index (χ2n) is 11.8. The SMILES string of the molecule is CC(C)(C)OC(=O)N(CCCC[C@H](NC(=O)c1ccc(CN)cc1)C(=O)O)Cc1ccccn1.NCc1cccc2ccccc12. The minimum absolute atomic E-state index is 0.230. The third kappa shape index (κ3) is 11.6. The van der Waals surface area contributed by atoms with E-state index < -0.39 is 29.6 Å². The number of carboxylic acid groups (broad SMARTS) is 1. The smallest absolute Gasteiger partial charge is 0.410 e. The molecule has 0 spiro atoms. The molecule has 0 saturated carbocycles. The fraction of sp³-hybridized carbons (Fsp3) is 0.333. The van der Waals surface area contributed by atoms with E-state index in [1.807, 2.05) is 30.3 Å². The first-order valence-electron chi connectivity index (χ1n) is 15.4. The number of carbonyl (C=O) groups is 3. The number of carbonyl (C=O) groups excluding carboxylic acids is 2. The van der Waals surface area contributed by atoms with Gasteiger partial charge >= 0.3 is 12.1 Å². The molecule has 0 aliphatic rings. The van der Waals surface area contributed by atoms with Crippen molar-refractivity contribution in [3.05, 3.63) is 114 Å². The van der Waals surface area contributed by atoms with Crippen molar-refractivity contribution in [2.45, 2.75) is 71.3 Å².